The molecule has 0 saturated heterocycles. The summed E-state index contributed by atoms with van der Waals surface area (Å²) in [5.74, 6) is -0.0227. The maximum Gasteiger partial charge on any atom is 0.250 e. The van der Waals surface area contributed by atoms with Crippen molar-refractivity contribution in [2.75, 3.05) is 5.75 Å². The van der Waals surface area contributed by atoms with Gasteiger partial charge in [-0.15, -0.1) is 10.2 Å². The predicted octanol–water partition coefficient (Wildman–Crippen LogP) is 3.24. The third-order valence-corrected chi connectivity index (χ3v) is 5.60. The van der Waals surface area contributed by atoms with Gasteiger partial charge in [-0.2, -0.15) is 10.2 Å². The minimum absolute atomic E-state index is 0.210. The third kappa shape index (κ3) is 4.48. The van der Waals surface area contributed by atoms with Gasteiger partial charge in [0.2, 0.25) is 0 Å². The van der Waals surface area contributed by atoms with Crippen molar-refractivity contribution < 1.29 is 4.79 Å². The molecule has 0 saturated carbocycles. The molecular weight excluding hydrogens is 392 g/mol. The van der Waals surface area contributed by atoms with Gasteiger partial charge in [-0.3, -0.25) is 4.79 Å². The number of hydrogen-bond donors (Lipinski definition) is 1. The lowest BCUT2D eigenvalue weighted by atomic mass is 10.3. The fourth-order valence-electron chi connectivity index (χ4n) is 2.06. The lowest BCUT2D eigenvalue weighted by Gasteiger charge is -2.01. The van der Waals surface area contributed by atoms with Gasteiger partial charge in [-0.05, 0) is 26.0 Å². The second-order valence-electron chi connectivity index (χ2n) is 5.21. The number of hydrogen-bond acceptors (Lipinski definition) is 7. The zero-order chi connectivity index (χ0) is 18.5. The van der Waals surface area contributed by atoms with E-state index in [1.807, 2.05) is 44.2 Å². The van der Waals surface area contributed by atoms with Gasteiger partial charge in [0.15, 0.2) is 4.34 Å². The van der Waals surface area contributed by atoms with Crippen molar-refractivity contribution in [1.29, 1.82) is 0 Å². The Labute approximate surface area is 163 Å². The lowest BCUT2D eigenvalue weighted by Crippen LogP contribution is -2.19. The minimum atomic E-state index is -0.233. The molecule has 3 rings (SSSR count). The number of halogens is 1. The van der Waals surface area contributed by atoms with Crippen LogP contribution in [-0.2, 0) is 4.79 Å². The molecule has 10 heteroatoms. The van der Waals surface area contributed by atoms with Gasteiger partial charge in [0.25, 0.3) is 5.91 Å². The number of aromatic nitrogens is 4. The highest BCUT2D eigenvalue weighted by atomic mass is 35.5. The van der Waals surface area contributed by atoms with Gasteiger partial charge in [-0.1, -0.05) is 52.9 Å². The van der Waals surface area contributed by atoms with Crippen LogP contribution >= 0.6 is 34.7 Å². The summed E-state index contributed by atoms with van der Waals surface area (Å²) < 4.78 is 2.39. The molecular formula is C16H15ClN6OS2. The van der Waals surface area contributed by atoms with Gasteiger partial charge in [0.05, 0.1) is 28.9 Å². The van der Waals surface area contributed by atoms with Crippen LogP contribution in [0.1, 0.15) is 16.3 Å². The standard InChI is InChI=1S/C16H15ClN6OS2/c1-10-13(15(17)23(22-10)12-6-4-3-5-7-12)8-18-20-14(24)9-25-16-21-19-11(2)26-16/h3-8H,9H2,1-2H3,(H,20,24)/b18-8-. The molecule has 0 aliphatic heterocycles. The van der Waals surface area contributed by atoms with Crippen molar-refractivity contribution in [2.45, 2.75) is 18.2 Å². The predicted molar refractivity (Wildman–Crippen MR) is 104 cm³/mol. The SMILES string of the molecule is Cc1nnc(SCC(=O)N/N=C\c2c(C)nn(-c3ccccc3)c2Cl)s1. The zero-order valence-corrected chi connectivity index (χ0v) is 16.4. The van der Waals surface area contributed by atoms with E-state index in [1.54, 1.807) is 4.68 Å². The van der Waals surface area contributed by atoms with E-state index < -0.39 is 0 Å². The van der Waals surface area contributed by atoms with Crippen LogP contribution in [0.5, 0.6) is 0 Å². The van der Waals surface area contributed by atoms with Gasteiger partial charge >= 0.3 is 0 Å². The maximum absolute atomic E-state index is 11.9. The second kappa shape index (κ2) is 8.43. The van der Waals surface area contributed by atoms with E-state index in [9.17, 15) is 4.79 Å². The summed E-state index contributed by atoms with van der Waals surface area (Å²) in [6, 6.07) is 9.56. The molecule has 0 unspecified atom stereocenters. The number of nitrogens with zero attached hydrogens (tertiary/aromatic N) is 5. The number of thioether (sulfide) groups is 1. The first-order valence-corrected chi connectivity index (χ1v) is 9.78. The first kappa shape index (κ1) is 18.6. The second-order valence-corrected chi connectivity index (χ2v) is 7.97. The number of para-hydroxylation sites is 1. The van der Waals surface area contributed by atoms with Crippen molar-refractivity contribution in [3.63, 3.8) is 0 Å². The van der Waals surface area contributed by atoms with Crippen LogP contribution in [0.2, 0.25) is 5.15 Å². The minimum Gasteiger partial charge on any atom is -0.272 e. The van der Waals surface area contributed by atoms with E-state index in [2.05, 4.69) is 25.8 Å². The van der Waals surface area contributed by atoms with E-state index in [4.69, 9.17) is 11.6 Å². The summed E-state index contributed by atoms with van der Waals surface area (Å²) in [4.78, 5) is 11.9. The Morgan fingerprint density at radius 1 is 1.35 bits per heavy atom. The highest BCUT2D eigenvalue weighted by molar-refractivity contribution is 8.01. The molecule has 0 radical (unpaired) electrons. The van der Waals surface area contributed by atoms with Crippen LogP contribution in [0.4, 0.5) is 0 Å². The maximum atomic E-state index is 11.9. The van der Waals surface area contributed by atoms with Gasteiger partial charge < -0.3 is 0 Å². The van der Waals surface area contributed by atoms with Crippen molar-refractivity contribution in [1.82, 2.24) is 25.4 Å². The van der Waals surface area contributed by atoms with Crippen LogP contribution in [0.3, 0.4) is 0 Å². The van der Waals surface area contributed by atoms with Crippen LogP contribution in [0.15, 0.2) is 39.8 Å². The molecule has 2 heterocycles. The number of carbonyl (C=O) groups is 1. The van der Waals surface area contributed by atoms with Crippen LogP contribution in [0.25, 0.3) is 5.69 Å². The van der Waals surface area contributed by atoms with E-state index in [1.165, 1.54) is 29.3 Å². The number of benzene rings is 1. The molecule has 0 fully saturated rings. The van der Waals surface area contributed by atoms with Gasteiger partial charge in [0, 0.05) is 0 Å². The Morgan fingerprint density at radius 2 is 2.12 bits per heavy atom. The highest BCUT2D eigenvalue weighted by Gasteiger charge is 2.13. The Hall–Kier alpha value is -2.23. The molecule has 2 aromatic heterocycles. The number of nitrogens with one attached hydrogen (secondary N) is 1. The molecule has 0 atom stereocenters. The molecule has 0 bridgehead atoms. The van der Waals surface area contributed by atoms with Crippen LogP contribution < -0.4 is 5.43 Å². The van der Waals surface area contributed by atoms with E-state index >= 15 is 0 Å². The van der Waals surface area contributed by atoms with Crippen LogP contribution in [-0.4, -0.2) is 37.9 Å². The monoisotopic (exact) mass is 406 g/mol. The number of hydrazone groups is 1. The molecule has 0 aliphatic rings. The normalized spacial score (nSPS) is 11.2. The average Bonchev–Trinajstić information content (AvgIpc) is 3.18. The Balaban J connectivity index is 1.61. The number of rotatable bonds is 6. The highest BCUT2D eigenvalue weighted by Crippen LogP contribution is 2.22. The number of amides is 1. The van der Waals surface area contributed by atoms with Crippen molar-refractivity contribution in [2.24, 2.45) is 5.10 Å². The molecule has 1 amide bonds. The summed E-state index contributed by atoms with van der Waals surface area (Å²) in [7, 11) is 0. The van der Waals surface area contributed by atoms with E-state index in [0.717, 1.165) is 20.7 Å². The quantitative estimate of drug-likeness (QED) is 0.386. The summed E-state index contributed by atoms with van der Waals surface area (Å²) in [5.41, 5.74) is 4.71. The first-order chi connectivity index (χ1) is 12.5. The summed E-state index contributed by atoms with van der Waals surface area (Å²) in [6.07, 6.45) is 1.50. The Kier molecular flexibility index (Phi) is 6.02. The van der Waals surface area contributed by atoms with E-state index in [-0.39, 0.29) is 11.7 Å². The first-order valence-electron chi connectivity index (χ1n) is 7.60. The summed E-state index contributed by atoms with van der Waals surface area (Å²) in [5, 5.41) is 17.6. The van der Waals surface area contributed by atoms with Crippen LogP contribution in [0, 0.1) is 13.8 Å². The molecule has 3 aromatic rings. The van der Waals surface area contributed by atoms with Gasteiger partial charge in [0.1, 0.15) is 10.2 Å². The van der Waals surface area contributed by atoms with Crippen molar-refractivity contribution in [3.8, 4) is 5.69 Å². The smallest absolute Gasteiger partial charge is 0.250 e. The molecule has 7 nitrogen and oxygen atoms in total. The van der Waals surface area contributed by atoms with Gasteiger partial charge in [-0.25, -0.2) is 10.1 Å². The molecule has 26 heavy (non-hydrogen) atoms. The Bertz CT molecular complexity index is 938. The number of aryl methyl sites for hydroxylation is 2. The molecule has 1 aromatic carbocycles. The topological polar surface area (TPSA) is 85.1 Å². The fraction of sp³-hybridized carbons (Fsp3) is 0.188. The molecule has 0 aliphatic carbocycles. The fourth-order valence-corrected chi connectivity index (χ4v) is 3.99. The number of carbonyl (C=O) groups excluding carboxylic acids is 1. The molecule has 1 N–H and O–H groups in total. The average molecular weight is 407 g/mol. The molecule has 0 spiro atoms. The largest absolute Gasteiger partial charge is 0.272 e. The zero-order valence-electron chi connectivity index (χ0n) is 14.0. The van der Waals surface area contributed by atoms with E-state index in [0.29, 0.717) is 10.7 Å². The summed E-state index contributed by atoms with van der Waals surface area (Å²) in [6.45, 7) is 3.70. The van der Waals surface area contributed by atoms with Crippen molar-refractivity contribution >= 4 is 46.8 Å². The Morgan fingerprint density at radius 3 is 2.81 bits per heavy atom. The third-order valence-electron chi connectivity index (χ3n) is 3.27. The van der Waals surface area contributed by atoms with Crippen molar-refractivity contribution in [3.05, 3.63) is 51.7 Å². The molecule has 134 valence electrons. The summed E-state index contributed by atoms with van der Waals surface area (Å²) >= 11 is 9.17. The lowest BCUT2D eigenvalue weighted by molar-refractivity contribution is -0.118.